The van der Waals surface area contributed by atoms with Crippen LogP contribution in [0.4, 0.5) is 5.69 Å². The van der Waals surface area contributed by atoms with E-state index in [0.29, 0.717) is 23.6 Å². The van der Waals surface area contributed by atoms with E-state index in [1.54, 1.807) is 18.2 Å². The van der Waals surface area contributed by atoms with E-state index in [9.17, 15) is 4.79 Å². The normalized spacial score (nSPS) is 10.7. The molecule has 134 valence electrons. The second kappa shape index (κ2) is 9.69. The zero-order valence-electron chi connectivity index (χ0n) is 14.9. The van der Waals surface area contributed by atoms with Crippen molar-refractivity contribution in [3.63, 3.8) is 0 Å². The van der Waals surface area contributed by atoms with Crippen molar-refractivity contribution < 1.29 is 14.3 Å². The van der Waals surface area contributed by atoms with Gasteiger partial charge in [0.1, 0.15) is 24.5 Å². The molecule has 0 spiro atoms. The molecule has 2 aromatic rings. The van der Waals surface area contributed by atoms with Crippen molar-refractivity contribution in [1.29, 1.82) is 0 Å². The highest BCUT2D eigenvalue weighted by atomic mass is 16.5. The second-order valence-corrected chi connectivity index (χ2v) is 5.69. The van der Waals surface area contributed by atoms with Crippen molar-refractivity contribution in [3.8, 4) is 5.75 Å². The number of carbonyl (C=O) groups excluding carboxylic acids is 1. The Balaban J connectivity index is 2.00. The van der Waals surface area contributed by atoms with Gasteiger partial charge in [-0.15, -0.1) is 0 Å². The van der Waals surface area contributed by atoms with Crippen molar-refractivity contribution in [3.05, 3.63) is 59.7 Å². The number of hydrogen-bond donors (Lipinski definition) is 1. The molecule has 0 atom stereocenters. The summed E-state index contributed by atoms with van der Waals surface area (Å²) in [4.78, 5) is 14.7. The van der Waals surface area contributed by atoms with Crippen LogP contribution in [0.25, 0.3) is 0 Å². The number of benzene rings is 2. The van der Waals surface area contributed by atoms with E-state index in [-0.39, 0.29) is 6.61 Å². The molecule has 0 fully saturated rings. The minimum Gasteiger partial charge on any atom is -0.491 e. The molecule has 25 heavy (non-hydrogen) atoms. The summed E-state index contributed by atoms with van der Waals surface area (Å²) in [5.41, 5.74) is 7.72. The fraction of sp³-hybridized carbons (Fsp3) is 0.350. The van der Waals surface area contributed by atoms with Crippen LogP contribution in [-0.2, 0) is 11.3 Å². The number of nitrogens with zero attached hydrogens (tertiary/aromatic N) is 1. The lowest BCUT2D eigenvalue weighted by Gasteiger charge is -2.19. The van der Waals surface area contributed by atoms with Crippen LogP contribution in [0.1, 0.15) is 29.8 Å². The highest BCUT2D eigenvalue weighted by Crippen LogP contribution is 2.23. The quantitative estimate of drug-likeness (QED) is 0.559. The first-order valence-corrected chi connectivity index (χ1v) is 8.59. The Labute approximate surface area is 149 Å². The smallest absolute Gasteiger partial charge is 0.342 e. The molecule has 0 radical (unpaired) electrons. The lowest BCUT2D eigenvalue weighted by atomic mass is 10.2. The first kappa shape index (κ1) is 18.8. The van der Waals surface area contributed by atoms with Crippen LogP contribution < -0.4 is 10.5 Å². The Morgan fingerprint density at radius 2 is 1.80 bits per heavy atom. The van der Waals surface area contributed by atoms with Crippen LogP contribution in [0.15, 0.2) is 48.5 Å². The molecular formula is C20H26N2O3. The molecule has 0 bridgehead atoms. The van der Waals surface area contributed by atoms with Gasteiger partial charge in [-0.25, -0.2) is 4.79 Å². The fourth-order valence-electron chi connectivity index (χ4n) is 2.45. The number of nitrogens with two attached hydrogens (primary N) is 1. The largest absolute Gasteiger partial charge is 0.491 e. The van der Waals surface area contributed by atoms with Gasteiger partial charge in [0.2, 0.25) is 0 Å². The first-order chi connectivity index (χ1) is 12.1. The molecule has 0 aliphatic carbocycles. The summed E-state index contributed by atoms with van der Waals surface area (Å²) in [7, 11) is 0. The Morgan fingerprint density at radius 1 is 1.08 bits per heavy atom. The van der Waals surface area contributed by atoms with Crippen LogP contribution in [0.3, 0.4) is 0 Å². The van der Waals surface area contributed by atoms with Gasteiger partial charge in [-0.05, 0) is 30.8 Å². The molecule has 0 amide bonds. The monoisotopic (exact) mass is 342 g/mol. The van der Waals surface area contributed by atoms with Crippen LogP contribution >= 0.6 is 0 Å². The molecule has 5 nitrogen and oxygen atoms in total. The lowest BCUT2D eigenvalue weighted by molar-refractivity contribution is 0.0467. The molecule has 2 N–H and O–H groups in total. The van der Waals surface area contributed by atoms with E-state index in [1.807, 2.05) is 30.3 Å². The predicted molar refractivity (Wildman–Crippen MR) is 99.7 cm³/mol. The minimum absolute atomic E-state index is 0.225. The van der Waals surface area contributed by atoms with Gasteiger partial charge in [-0.1, -0.05) is 44.2 Å². The van der Waals surface area contributed by atoms with Crippen LogP contribution in [-0.4, -0.2) is 37.1 Å². The number of ether oxygens (including phenoxy) is 2. The van der Waals surface area contributed by atoms with Gasteiger partial charge in [0.25, 0.3) is 0 Å². The SMILES string of the molecule is CCN(CC)CCOc1cc(N)ccc1C(=O)OCc1ccccc1. The standard InChI is InChI=1S/C20H26N2O3/c1-3-22(4-2)12-13-24-19-14-17(21)10-11-18(19)20(23)25-15-16-8-6-5-7-9-16/h5-11,14H,3-4,12-13,15,21H2,1-2H3. The summed E-state index contributed by atoms with van der Waals surface area (Å²) in [5.74, 6) is 0.0481. The summed E-state index contributed by atoms with van der Waals surface area (Å²) in [6.45, 7) is 7.64. The van der Waals surface area contributed by atoms with Crippen LogP contribution in [0, 0.1) is 0 Å². The number of likely N-dealkylation sites (N-methyl/N-ethyl adjacent to an activating group) is 1. The Kier molecular flexibility index (Phi) is 7.29. The maximum absolute atomic E-state index is 12.4. The first-order valence-electron chi connectivity index (χ1n) is 8.59. The van der Waals surface area contributed by atoms with Gasteiger partial charge in [0, 0.05) is 18.3 Å². The van der Waals surface area contributed by atoms with Gasteiger partial charge in [-0.3, -0.25) is 0 Å². The number of anilines is 1. The third-order valence-corrected chi connectivity index (χ3v) is 4.00. The third-order valence-electron chi connectivity index (χ3n) is 4.00. The highest BCUT2D eigenvalue weighted by Gasteiger charge is 2.15. The maximum atomic E-state index is 12.4. The van der Waals surface area contributed by atoms with Crippen molar-refractivity contribution in [2.45, 2.75) is 20.5 Å². The average molecular weight is 342 g/mol. The van der Waals surface area contributed by atoms with E-state index in [1.165, 1.54) is 0 Å². The zero-order valence-corrected chi connectivity index (χ0v) is 14.9. The number of hydrogen-bond acceptors (Lipinski definition) is 5. The molecule has 0 saturated heterocycles. The number of nitrogen functional groups attached to an aromatic ring is 1. The number of rotatable bonds is 9. The summed E-state index contributed by atoms with van der Waals surface area (Å²) >= 11 is 0. The second-order valence-electron chi connectivity index (χ2n) is 5.69. The summed E-state index contributed by atoms with van der Waals surface area (Å²) < 4.78 is 11.2. The van der Waals surface area contributed by atoms with E-state index in [2.05, 4.69) is 18.7 Å². The van der Waals surface area contributed by atoms with Gasteiger partial charge < -0.3 is 20.1 Å². The highest BCUT2D eigenvalue weighted by molar-refractivity contribution is 5.93. The summed E-state index contributed by atoms with van der Waals surface area (Å²) in [5, 5.41) is 0. The van der Waals surface area contributed by atoms with Crippen molar-refractivity contribution in [1.82, 2.24) is 4.90 Å². The number of carbonyl (C=O) groups is 1. The van der Waals surface area contributed by atoms with Crippen LogP contribution in [0.5, 0.6) is 5.75 Å². The molecule has 0 aromatic heterocycles. The Bertz CT molecular complexity index is 670. The van der Waals surface area contributed by atoms with Gasteiger partial charge in [0.05, 0.1) is 0 Å². The maximum Gasteiger partial charge on any atom is 0.342 e. The molecular weight excluding hydrogens is 316 g/mol. The Hall–Kier alpha value is -2.53. The number of esters is 1. The fourth-order valence-corrected chi connectivity index (χ4v) is 2.45. The molecule has 0 saturated carbocycles. The molecule has 0 aliphatic rings. The molecule has 0 heterocycles. The van der Waals surface area contributed by atoms with Gasteiger partial charge >= 0.3 is 5.97 Å². The van der Waals surface area contributed by atoms with Gasteiger partial charge in [-0.2, -0.15) is 0 Å². The molecule has 5 heteroatoms. The van der Waals surface area contributed by atoms with Crippen molar-refractivity contribution >= 4 is 11.7 Å². The average Bonchev–Trinajstić information content (AvgIpc) is 2.64. The topological polar surface area (TPSA) is 64.8 Å². The molecule has 2 rings (SSSR count). The van der Waals surface area contributed by atoms with E-state index in [0.717, 1.165) is 25.2 Å². The molecule has 0 unspecified atom stereocenters. The minimum atomic E-state index is -0.415. The summed E-state index contributed by atoms with van der Waals surface area (Å²) in [6, 6.07) is 14.6. The zero-order chi connectivity index (χ0) is 18.1. The van der Waals surface area contributed by atoms with E-state index < -0.39 is 5.97 Å². The van der Waals surface area contributed by atoms with Crippen molar-refractivity contribution in [2.24, 2.45) is 0 Å². The Morgan fingerprint density at radius 3 is 2.48 bits per heavy atom. The van der Waals surface area contributed by atoms with E-state index in [4.69, 9.17) is 15.2 Å². The van der Waals surface area contributed by atoms with Crippen LogP contribution in [0.2, 0.25) is 0 Å². The predicted octanol–water partition coefficient (Wildman–Crippen LogP) is 3.35. The summed E-state index contributed by atoms with van der Waals surface area (Å²) in [6.07, 6.45) is 0. The van der Waals surface area contributed by atoms with E-state index >= 15 is 0 Å². The lowest BCUT2D eigenvalue weighted by Crippen LogP contribution is -2.28. The molecule has 0 aliphatic heterocycles. The van der Waals surface area contributed by atoms with Crippen molar-refractivity contribution in [2.75, 3.05) is 32.0 Å². The molecule has 2 aromatic carbocycles. The third kappa shape index (κ3) is 5.80. The van der Waals surface area contributed by atoms with Gasteiger partial charge in [0.15, 0.2) is 0 Å².